The second kappa shape index (κ2) is 6.99. The van der Waals surface area contributed by atoms with Crippen molar-refractivity contribution in [2.24, 2.45) is 0 Å². The van der Waals surface area contributed by atoms with E-state index in [4.69, 9.17) is 4.42 Å². The number of aryl methyl sites for hydroxylation is 1. The molecule has 0 spiro atoms. The number of nitrogens with zero attached hydrogens (tertiary/aromatic N) is 3. The van der Waals surface area contributed by atoms with Crippen LogP contribution in [0.5, 0.6) is 0 Å². The van der Waals surface area contributed by atoms with Crippen molar-refractivity contribution >= 4 is 11.8 Å². The summed E-state index contributed by atoms with van der Waals surface area (Å²) >= 11 is 0. The lowest BCUT2D eigenvalue weighted by molar-refractivity contribution is 0.247. The summed E-state index contributed by atoms with van der Waals surface area (Å²) in [5, 5.41) is 9.86. The number of amides is 2. The van der Waals surface area contributed by atoms with Gasteiger partial charge in [0.05, 0.1) is 24.5 Å². The summed E-state index contributed by atoms with van der Waals surface area (Å²) in [6, 6.07) is 10.6. The smallest absolute Gasteiger partial charge is 0.320 e. The first-order valence-corrected chi connectivity index (χ1v) is 7.67. The molecule has 0 saturated heterocycles. The van der Waals surface area contributed by atoms with Crippen LogP contribution < -0.4 is 10.6 Å². The van der Waals surface area contributed by atoms with Crippen LogP contribution in [0.2, 0.25) is 0 Å². The van der Waals surface area contributed by atoms with E-state index in [0.717, 1.165) is 11.5 Å². The maximum absolute atomic E-state index is 12.2. The van der Waals surface area contributed by atoms with Crippen molar-refractivity contribution < 1.29 is 9.21 Å². The SMILES string of the molecule is Cc1ccc([C@@H](C)NC(=O)Nc2ccnn2Cc2ccccn2)o1. The van der Waals surface area contributed by atoms with Crippen LogP contribution >= 0.6 is 0 Å². The standard InChI is InChI=1S/C17H19N5O2/c1-12-6-7-15(24-12)13(2)20-17(23)21-16-8-10-19-22(16)11-14-5-3-4-9-18-14/h3-10,13H,11H2,1-2H3,(H2,20,21,23)/t13-/m1/s1. The van der Waals surface area contributed by atoms with Gasteiger partial charge in [0, 0.05) is 12.3 Å². The van der Waals surface area contributed by atoms with E-state index in [1.807, 2.05) is 44.2 Å². The average Bonchev–Trinajstić information content (AvgIpc) is 3.18. The van der Waals surface area contributed by atoms with E-state index >= 15 is 0 Å². The van der Waals surface area contributed by atoms with Crippen LogP contribution in [0.15, 0.2) is 53.2 Å². The molecule has 1 atom stereocenters. The molecule has 0 unspecified atom stereocenters. The first-order valence-electron chi connectivity index (χ1n) is 7.67. The van der Waals surface area contributed by atoms with E-state index in [1.165, 1.54) is 0 Å². The highest BCUT2D eigenvalue weighted by Gasteiger charge is 2.14. The molecule has 0 fully saturated rings. The van der Waals surface area contributed by atoms with Gasteiger partial charge in [0.15, 0.2) is 0 Å². The van der Waals surface area contributed by atoms with Gasteiger partial charge in [0.2, 0.25) is 0 Å². The number of carbonyl (C=O) groups is 1. The lowest BCUT2D eigenvalue weighted by Crippen LogP contribution is -2.31. The quantitative estimate of drug-likeness (QED) is 0.755. The fourth-order valence-electron chi connectivity index (χ4n) is 2.32. The summed E-state index contributed by atoms with van der Waals surface area (Å²) in [5.41, 5.74) is 0.865. The lowest BCUT2D eigenvalue weighted by atomic mass is 10.2. The van der Waals surface area contributed by atoms with Crippen molar-refractivity contribution in [3.05, 3.63) is 66.0 Å². The molecule has 7 heteroatoms. The maximum atomic E-state index is 12.2. The monoisotopic (exact) mass is 325 g/mol. The van der Waals surface area contributed by atoms with E-state index in [-0.39, 0.29) is 12.1 Å². The minimum absolute atomic E-state index is 0.231. The number of hydrogen-bond acceptors (Lipinski definition) is 4. The van der Waals surface area contributed by atoms with Gasteiger partial charge in [-0.2, -0.15) is 5.10 Å². The van der Waals surface area contributed by atoms with Gasteiger partial charge in [0.1, 0.15) is 17.3 Å². The Morgan fingerprint density at radius 2 is 2.12 bits per heavy atom. The molecule has 0 aliphatic heterocycles. The number of rotatable bonds is 5. The Morgan fingerprint density at radius 1 is 1.25 bits per heavy atom. The van der Waals surface area contributed by atoms with Crippen LogP contribution in [-0.2, 0) is 6.54 Å². The molecule has 3 aromatic rings. The topological polar surface area (TPSA) is 85.0 Å². The molecule has 3 rings (SSSR count). The Labute approximate surface area is 139 Å². The largest absolute Gasteiger partial charge is 0.464 e. The van der Waals surface area contributed by atoms with E-state index in [0.29, 0.717) is 18.1 Å². The third kappa shape index (κ3) is 3.81. The highest BCUT2D eigenvalue weighted by molar-refractivity contribution is 5.88. The van der Waals surface area contributed by atoms with Gasteiger partial charge in [-0.3, -0.25) is 10.3 Å². The van der Waals surface area contributed by atoms with Gasteiger partial charge in [0.25, 0.3) is 0 Å². The third-order valence-corrected chi connectivity index (χ3v) is 3.53. The molecule has 0 bridgehead atoms. The fourth-order valence-corrected chi connectivity index (χ4v) is 2.32. The predicted molar refractivity (Wildman–Crippen MR) is 89.6 cm³/mol. The van der Waals surface area contributed by atoms with Crippen LogP contribution in [0.4, 0.5) is 10.6 Å². The molecule has 0 saturated carbocycles. The van der Waals surface area contributed by atoms with E-state index in [2.05, 4.69) is 20.7 Å². The van der Waals surface area contributed by atoms with Crippen LogP contribution in [0.3, 0.4) is 0 Å². The van der Waals surface area contributed by atoms with Gasteiger partial charge in [-0.15, -0.1) is 0 Å². The molecule has 3 heterocycles. The molecule has 0 aliphatic rings. The number of urea groups is 1. The number of carbonyl (C=O) groups excluding carboxylic acids is 1. The lowest BCUT2D eigenvalue weighted by Gasteiger charge is -2.13. The van der Waals surface area contributed by atoms with Crippen LogP contribution in [0.1, 0.15) is 30.2 Å². The number of furan rings is 1. The summed E-state index contributed by atoms with van der Waals surface area (Å²) in [7, 11) is 0. The molecule has 2 amide bonds. The Morgan fingerprint density at radius 3 is 2.83 bits per heavy atom. The Hall–Kier alpha value is -3.09. The molecular weight excluding hydrogens is 306 g/mol. The highest BCUT2D eigenvalue weighted by Crippen LogP contribution is 2.16. The Kier molecular flexibility index (Phi) is 4.60. The molecule has 0 aromatic carbocycles. The molecule has 7 nitrogen and oxygen atoms in total. The highest BCUT2D eigenvalue weighted by atomic mass is 16.3. The first-order chi connectivity index (χ1) is 11.6. The average molecular weight is 325 g/mol. The Balaban J connectivity index is 1.62. The Bertz CT molecular complexity index is 809. The maximum Gasteiger partial charge on any atom is 0.320 e. The third-order valence-electron chi connectivity index (χ3n) is 3.53. The number of nitrogens with one attached hydrogen (secondary N) is 2. The van der Waals surface area contributed by atoms with E-state index < -0.39 is 0 Å². The minimum Gasteiger partial charge on any atom is -0.464 e. The van der Waals surface area contributed by atoms with Gasteiger partial charge in [-0.05, 0) is 38.1 Å². The summed E-state index contributed by atoms with van der Waals surface area (Å²) in [4.78, 5) is 16.4. The van der Waals surface area contributed by atoms with Gasteiger partial charge >= 0.3 is 6.03 Å². The minimum atomic E-state index is -0.320. The zero-order chi connectivity index (χ0) is 16.9. The zero-order valence-electron chi connectivity index (χ0n) is 13.6. The second-order valence-electron chi connectivity index (χ2n) is 5.46. The van der Waals surface area contributed by atoms with Crippen molar-refractivity contribution in [3.8, 4) is 0 Å². The van der Waals surface area contributed by atoms with Crippen molar-refractivity contribution in [1.82, 2.24) is 20.1 Å². The molecule has 2 N–H and O–H groups in total. The van der Waals surface area contributed by atoms with Crippen molar-refractivity contribution in [2.45, 2.75) is 26.4 Å². The first kappa shape index (κ1) is 15.8. The van der Waals surface area contributed by atoms with Crippen molar-refractivity contribution in [3.63, 3.8) is 0 Å². The van der Waals surface area contributed by atoms with Gasteiger partial charge in [-0.25, -0.2) is 9.48 Å². The molecular formula is C17H19N5O2. The predicted octanol–water partition coefficient (Wildman–Crippen LogP) is 3.11. The molecule has 0 aliphatic carbocycles. The molecule has 0 radical (unpaired) electrons. The summed E-state index contributed by atoms with van der Waals surface area (Å²) in [5.74, 6) is 2.12. The second-order valence-corrected chi connectivity index (χ2v) is 5.46. The van der Waals surface area contributed by atoms with Crippen LogP contribution in [-0.4, -0.2) is 20.8 Å². The van der Waals surface area contributed by atoms with Crippen LogP contribution in [0, 0.1) is 6.92 Å². The summed E-state index contributed by atoms with van der Waals surface area (Å²) in [6.07, 6.45) is 3.36. The van der Waals surface area contributed by atoms with Gasteiger partial charge < -0.3 is 9.73 Å². The van der Waals surface area contributed by atoms with Crippen molar-refractivity contribution in [1.29, 1.82) is 0 Å². The van der Waals surface area contributed by atoms with Crippen LogP contribution in [0.25, 0.3) is 0 Å². The number of anilines is 1. The fraction of sp³-hybridized carbons (Fsp3) is 0.235. The van der Waals surface area contributed by atoms with E-state index in [1.54, 1.807) is 23.1 Å². The summed E-state index contributed by atoms with van der Waals surface area (Å²) in [6.45, 7) is 4.21. The van der Waals surface area contributed by atoms with Gasteiger partial charge in [-0.1, -0.05) is 6.07 Å². The van der Waals surface area contributed by atoms with Crippen molar-refractivity contribution in [2.75, 3.05) is 5.32 Å². The number of pyridine rings is 1. The zero-order valence-corrected chi connectivity index (χ0v) is 13.6. The molecule has 24 heavy (non-hydrogen) atoms. The molecule has 124 valence electrons. The number of hydrogen-bond donors (Lipinski definition) is 2. The summed E-state index contributed by atoms with van der Waals surface area (Å²) < 4.78 is 7.20. The van der Waals surface area contributed by atoms with E-state index in [9.17, 15) is 4.79 Å². The molecule has 3 aromatic heterocycles. The number of aromatic nitrogens is 3. The normalized spacial score (nSPS) is 11.9.